The van der Waals surface area contributed by atoms with E-state index in [1.165, 1.54) is 6.92 Å². The van der Waals surface area contributed by atoms with Crippen molar-refractivity contribution >= 4 is 11.8 Å². The fourth-order valence-electron chi connectivity index (χ4n) is 0.569. The monoisotopic (exact) mass is 198 g/mol. The number of halogens is 3. The number of hydrogen-bond donors (Lipinski definition) is 0. The second-order valence-corrected chi connectivity index (χ2v) is 2.26. The van der Waals surface area contributed by atoms with E-state index in [0.717, 1.165) is 0 Å². The van der Waals surface area contributed by atoms with Gasteiger partial charge in [-0.3, -0.25) is 4.79 Å². The molecule has 0 aliphatic heterocycles. The van der Waals surface area contributed by atoms with Gasteiger partial charge in [0.2, 0.25) is 5.78 Å². The van der Waals surface area contributed by atoms with Crippen LogP contribution in [0.5, 0.6) is 0 Å². The van der Waals surface area contributed by atoms with E-state index >= 15 is 0 Å². The minimum absolute atomic E-state index is 0.0173. The molecule has 0 aromatic heterocycles. The van der Waals surface area contributed by atoms with E-state index in [4.69, 9.17) is 0 Å². The summed E-state index contributed by atoms with van der Waals surface area (Å²) in [4.78, 5) is 21.1. The Morgan fingerprint density at radius 1 is 1.31 bits per heavy atom. The Morgan fingerprint density at radius 2 is 1.85 bits per heavy atom. The summed E-state index contributed by atoms with van der Waals surface area (Å²) in [5.74, 6) is -2.34. The largest absolute Gasteiger partial charge is 0.460 e. The van der Waals surface area contributed by atoms with E-state index in [0.29, 0.717) is 0 Å². The van der Waals surface area contributed by atoms with E-state index in [1.807, 2.05) is 0 Å². The van der Waals surface area contributed by atoms with Gasteiger partial charge >= 0.3 is 12.1 Å². The molecule has 0 unspecified atom stereocenters. The Morgan fingerprint density at radius 3 is 2.23 bits per heavy atom. The number of esters is 1. The van der Waals surface area contributed by atoms with Crippen LogP contribution < -0.4 is 0 Å². The lowest BCUT2D eigenvalue weighted by atomic mass is 10.2. The van der Waals surface area contributed by atoms with Crippen molar-refractivity contribution in [2.45, 2.75) is 25.9 Å². The van der Waals surface area contributed by atoms with Crippen molar-refractivity contribution in [2.24, 2.45) is 0 Å². The standard InChI is InChI=1S/C7H9F3O3/c1-2-13-6(12)5(11)3-4-7(8,9)10/h2-4H2,1H3. The Balaban J connectivity index is 3.82. The van der Waals surface area contributed by atoms with Crippen LogP contribution in [0.2, 0.25) is 0 Å². The molecule has 0 fully saturated rings. The molecule has 0 aliphatic carbocycles. The highest BCUT2D eigenvalue weighted by Crippen LogP contribution is 2.21. The lowest BCUT2D eigenvalue weighted by Gasteiger charge is -2.04. The maximum absolute atomic E-state index is 11.6. The molecule has 0 spiro atoms. The van der Waals surface area contributed by atoms with Gasteiger partial charge in [-0.15, -0.1) is 0 Å². The van der Waals surface area contributed by atoms with E-state index in [1.54, 1.807) is 0 Å². The number of ketones is 1. The van der Waals surface area contributed by atoms with Crippen LogP contribution in [-0.2, 0) is 14.3 Å². The van der Waals surface area contributed by atoms with Crippen molar-refractivity contribution < 1.29 is 27.5 Å². The van der Waals surface area contributed by atoms with Gasteiger partial charge in [0, 0.05) is 6.42 Å². The highest BCUT2D eigenvalue weighted by molar-refractivity contribution is 6.33. The Labute approximate surface area is 72.9 Å². The van der Waals surface area contributed by atoms with Gasteiger partial charge in [0.1, 0.15) is 0 Å². The average Bonchev–Trinajstić information content (AvgIpc) is 1.99. The second kappa shape index (κ2) is 4.84. The van der Waals surface area contributed by atoms with Crippen molar-refractivity contribution in [1.29, 1.82) is 0 Å². The van der Waals surface area contributed by atoms with Crippen molar-refractivity contribution in [2.75, 3.05) is 6.61 Å². The number of rotatable bonds is 4. The molecule has 76 valence electrons. The van der Waals surface area contributed by atoms with Gasteiger partial charge < -0.3 is 4.74 Å². The quantitative estimate of drug-likeness (QED) is 0.507. The summed E-state index contributed by atoms with van der Waals surface area (Å²) in [6, 6.07) is 0. The van der Waals surface area contributed by atoms with Crippen LogP contribution in [0.1, 0.15) is 19.8 Å². The third-order valence-corrected chi connectivity index (χ3v) is 1.14. The van der Waals surface area contributed by atoms with Crippen molar-refractivity contribution in [3.05, 3.63) is 0 Å². The smallest absolute Gasteiger partial charge is 0.389 e. The number of alkyl halides is 3. The van der Waals surface area contributed by atoms with Crippen LogP contribution in [0.4, 0.5) is 13.2 Å². The minimum atomic E-state index is -4.41. The zero-order valence-corrected chi connectivity index (χ0v) is 6.98. The average molecular weight is 198 g/mol. The lowest BCUT2D eigenvalue weighted by Crippen LogP contribution is -2.20. The topological polar surface area (TPSA) is 43.4 Å². The summed E-state index contributed by atoms with van der Waals surface area (Å²) < 4.78 is 38.9. The number of carbonyl (C=O) groups is 2. The molecule has 0 aromatic carbocycles. The predicted molar refractivity (Wildman–Crippen MR) is 36.9 cm³/mol. The van der Waals surface area contributed by atoms with Crippen LogP contribution in [0, 0.1) is 0 Å². The molecule has 0 atom stereocenters. The Hall–Kier alpha value is -1.07. The third kappa shape index (κ3) is 6.12. The van der Waals surface area contributed by atoms with Crippen LogP contribution >= 0.6 is 0 Å². The molecule has 0 aliphatic rings. The van der Waals surface area contributed by atoms with E-state index < -0.39 is 30.8 Å². The molecule has 0 saturated carbocycles. The highest BCUT2D eigenvalue weighted by atomic mass is 19.4. The number of hydrogen-bond acceptors (Lipinski definition) is 3. The summed E-state index contributed by atoms with van der Waals surface area (Å²) in [7, 11) is 0. The zero-order chi connectivity index (χ0) is 10.5. The maximum atomic E-state index is 11.6. The van der Waals surface area contributed by atoms with Gasteiger partial charge in [-0.2, -0.15) is 13.2 Å². The first kappa shape index (κ1) is 11.9. The van der Waals surface area contributed by atoms with Gasteiger partial charge in [0.25, 0.3) is 0 Å². The first-order chi connectivity index (χ1) is 5.87. The van der Waals surface area contributed by atoms with Crippen LogP contribution in [0.3, 0.4) is 0 Å². The van der Waals surface area contributed by atoms with Gasteiger partial charge in [0.15, 0.2) is 0 Å². The molecule has 3 nitrogen and oxygen atoms in total. The normalized spacial score (nSPS) is 11.1. The van der Waals surface area contributed by atoms with Crippen LogP contribution in [0.15, 0.2) is 0 Å². The Kier molecular flexibility index (Phi) is 4.44. The molecule has 0 heterocycles. The third-order valence-electron chi connectivity index (χ3n) is 1.14. The minimum Gasteiger partial charge on any atom is -0.460 e. The second-order valence-electron chi connectivity index (χ2n) is 2.26. The number of ether oxygens (including phenoxy) is 1. The fourth-order valence-corrected chi connectivity index (χ4v) is 0.569. The summed E-state index contributed by atoms with van der Waals surface area (Å²) in [5, 5.41) is 0. The van der Waals surface area contributed by atoms with E-state index in [-0.39, 0.29) is 6.61 Å². The number of Topliss-reactive ketones (excluding diaryl/α,β-unsaturated/α-hetero) is 1. The molecule has 0 saturated heterocycles. The van der Waals surface area contributed by atoms with Gasteiger partial charge in [-0.05, 0) is 6.92 Å². The molecular formula is C7H9F3O3. The molecule has 13 heavy (non-hydrogen) atoms. The van der Waals surface area contributed by atoms with Crippen LogP contribution in [-0.4, -0.2) is 24.5 Å². The molecule has 6 heteroatoms. The molecule has 0 amide bonds. The summed E-state index contributed by atoms with van der Waals surface area (Å²) in [6.07, 6.45) is -6.55. The van der Waals surface area contributed by atoms with E-state index in [2.05, 4.69) is 4.74 Å². The molecular weight excluding hydrogens is 189 g/mol. The van der Waals surface area contributed by atoms with Gasteiger partial charge in [-0.25, -0.2) is 4.79 Å². The first-order valence-corrected chi connectivity index (χ1v) is 3.63. The highest BCUT2D eigenvalue weighted by Gasteiger charge is 2.29. The van der Waals surface area contributed by atoms with Gasteiger partial charge in [-0.1, -0.05) is 0 Å². The summed E-state index contributed by atoms with van der Waals surface area (Å²) in [6.45, 7) is 1.45. The Bertz CT molecular complexity index is 198. The van der Waals surface area contributed by atoms with Gasteiger partial charge in [0.05, 0.1) is 13.0 Å². The fraction of sp³-hybridized carbons (Fsp3) is 0.714. The molecule has 0 bridgehead atoms. The lowest BCUT2D eigenvalue weighted by molar-refractivity contribution is -0.158. The van der Waals surface area contributed by atoms with Crippen molar-refractivity contribution in [3.63, 3.8) is 0 Å². The zero-order valence-electron chi connectivity index (χ0n) is 6.98. The maximum Gasteiger partial charge on any atom is 0.389 e. The van der Waals surface area contributed by atoms with Crippen molar-refractivity contribution in [3.8, 4) is 0 Å². The number of carbonyl (C=O) groups excluding carboxylic acids is 2. The molecule has 0 rings (SSSR count). The molecule has 0 radical (unpaired) electrons. The molecule has 0 N–H and O–H groups in total. The predicted octanol–water partition coefficient (Wildman–Crippen LogP) is 1.46. The first-order valence-electron chi connectivity index (χ1n) is 3.63. The summed E-state index contributed by atoms with van der Waals surface area (Å²) in [5.41, 5.74) is 0. The SMILES string of the molecule is CCOC(=O)C(=O)CCC(F)(F)F. The van der Waals surface area contributed by atoms with E-state index in [9.17, 15) is 22.8 Å². The molecule has 0 aromatic rings. The van der Waals surface area contributed by atoms with Crippen LogP contribution in [0.25, 0.3) is 0 Å². The summed E-state index contributed by atoms with van der Waals surface area (Å²) >= 11 is 0. The van der Waals surface area contributed by atoms with Crippen molar-refractivity contribution in [1.82, 2.24) is 0 Å².